The monoisotopic (exact) mass is 344 g/mol. The number of hydrogen-bond donors (Lipinski definition) is 2. The lowest BCUT2D eigenvalue weighted by molar-refractivity contribution is -0.120. The Morgan fingerprint density at radius 3 is 2.54 bits per heavy atom. The molecule has 0 aliphatic rings. The van der Waals surface area contributed by atoms with Crippen LogP contribution in [0.15, 0.2) is 48.5 Å². The number of carbonyl (C=O) groups is 2. The van der Waals surface area contributed by atoms with Crippen LogP contribution in [0.2, 0.25) is 5.02 Å². The van der Waals surface area contributed by atoms with Crippen LogP contribution in [0.4, 0.5) is 5.69 Å². The molecule has 0 spiro atoms. The molecule has 5 nitrogen and oxygen atoms in total. The molecule has 2 aromatic carbocycles. The van der Waals surface area contributed by atoms with E-state index in [9.17, 15) is 9.59 Å². The van der Waals surface area contributed by atoms with Crippen molar-refractivity contribution in [3.63, 3.8) is 0 Å². The number of aryl methyl sites for hydroxylation is 1. The zero-order chi connectivity index (χ0) is 17.5. The van der Waals surface area contributed by atoms with Crippen molar-refractivity contribution in [3.8, 4) is 5.75 Å². The van der Waals surface area contributed by atoms with E-state index in [1.165, 1.54) is 6.08 Å². The number of benzene rings is 2. The Hall–Kier alpha value is -2.79. The number of halogens is 1. The molecule has 0 heterocycles. The summed E-state index contributed by atoms with van der Waals surface area (Å²) in [6, 6.07) is 12.3. The van der Waals surface area contributed by atoms with Crippen molar-refractivity contribution in [2.75, 3.05) is 11.9 Å². The molecule has 6 heteroatoms. The Labute approximate surface area is 145 Å². The fraction of sp³-hybridized carbons (Fsp3) is 0.111. The third kappa shape index (κ3) is 5.44. The highest BCUT2D eigenvalue weighted by atomic mass is 35.5. The summed E-state index contributed by atoms with van der Waals surface area (Å²) in [5.74, 6) is -0.290. The van der Waals surface area contributed by atoms with Gasteiger partial charge in [0.1, 0.15) is 5.75 Å². The number of primary amides is 1. The molecule has 0 aliphatic heterocycles. The van der Waals surface area contributed by atoms with Crippen molar-refractivity contribution in [1.82, 2.24) is 0 Å². The van der Waals surface area contributed by atoms with E-state index >= 15 is 0 Å². The van der Waals surface area contributed by atoms with Crippen LogP contribution in [-0.4, -0.2) is 18.4 Å². The quantitative estimate of drug-likeness (QED) is 0.790. The smallest absolute Gasteiger partial charge is 0.255 e. The lowest BCUT2D eigenvalue weighted by Gasteiger charge is -2.05. The molecule has 2 rings (SSSR count). The summed E-state index contributed by atoms with van der Waals surface area (Å²) < 4.78 is 5.16. The summed E-state index contributed by atoms with van der Waals surface area (Å²) >= 11 is 6.07. The molecule has 0 aliphatic carbocycles. The van der Waals surface area contributed by atoms with Gasteiger partial charge in [-0.15, -0.1) is 0 Å². The third-order valence-electron chi connectivity index (χ3n) is 3.07. The molecule has 2 amide bonds. The van der Waals surface area contributed by atoms with E-state index in [1.807, 2.05) is 13.0 Å². The Morgan fingerprint density at radius 1 is 1.21 bits per heavy atom. The van der Waals surface area contributed by atoms with Crippen LogP contribution in [0.5, 0.6) is 5.75 Å². The molecule has 0 aromatic heterocycles. The first-order valence-electron chi connectivity index (χ1n) is 7.20. The fourth-order valence-electron chi connectivity index (χ4n) is 1.90. The number of nitrogens with one attached hydrogen (secondary N) is 1. The maximum Gasteiger partial charge on any atom is 0.255 e. The van der Waals surface area contributed by atoms with Crippen LogP contribution in [0, 0.1) is 6.92 Å². The van der Waals surface area contributed by atoms with E-state index in [-0.39, 0.29) is 12.5 Å². The highest BCUT2D eigenvalue weighted by molar-refractivity contribution is 6.33. The van der Waals surface area contributed by atoms with Gasteiger partial charge >= 0.3 is 0 Å². The van der Waals surface area contributed by atoms with Gasteiger partial charge in [0.25, 0.3) is 5.91 Å². The summed E-state index contributed by atoms with van der Waals surface area (Å²) in [5, 5.41) is 3.21. The molecular formula is C18H17ClN2O3. The van der Waals surface area contributed by atoms with Crippen LogP contribution in [0.1, 0.15) is 11.1 Å². The van der Waals surface area contributed by atoms with Crippen molar-refractivity contribution < 1.29 is 14.3 Å². The van der Waals surface area contributed by atoms with E-state index in [0.29, 0.717) is 16.5 Å². The van der Waals surface area contributed by atoms with Gasteiger partial charge < -0.3 is 15.8 Å². The molecular weight excluding hydrogens is 328 g/mol. The first kappa shape index (κ1) is 17.6. The van der Waals surface area contributed by atoms with Crippen LogP contribution in [0.3, 0.4) is 0 Å². The number of anilines is 1. The molecule has 0 bridgehead atoms. The first-order valence-corrected chi connectivity index (χ1v) is 7.58. The standard InChI is InChI=1S/C18H17ClN2O3/c1-12-2-8-16(15(19)10-12)21-18(23)9-5-13-3-6-14(7-4-13)24-11-17(20)22/h2-10H,11H2,1H3,(H2,20,22)(H,21,23)/b9-5+. The molecule has 3 N–H and O–H groups in total. The fourth-order valence-corrected chi connectivity index (χ4v) is 2.18. The van der Waals surface area contributed by atoms with Gasteiger partial charge in [0.2, 0.25) is 5.91 Å². The van der Waals surface area contributed by atoms with E-state index in [1.54, 1.807) is 42.5 Å². The predicted molar refractivity (Wildman–Crippen MR) is 95.0 cm³/mol. The molecule has 124 valence electrons. The predicted octanol–water partition coefficient (Wildman–Crippen LogP) is 3.16. The molecule has 24 heavy (non-hydrogen) atoms. The molecule has 2 aromatic rings. The molecule has 0 saturated heterocycles. The van der Waals surface area contributed by atoms with E-state index in [2.05, 4.69) is 5.32 Å². The Bertz CT molecular complexity index is 770. The summed E-state index contributed by atoms with van der Waals surface area (Å²) in [5.41, 5.74) is 7.40. The second kappa shape index (κ2) is 8.17. The number of ether oxygens (including phenoxy) is 1. The van der Waals surface area contributed by atoms with Gasteiger partial charge in [0, 0.05) is 6.08 Å². The average Bonchev–Trinajstić information content (AvgIpc) is 2.54. The lowest BCUT2D eigenvalue weighted by atomic mass is 10.2. The zero-order valence-corrected chi connectivity index (χ0v) is 13.8. The highest BCUT2D eigenvalue weighted by Gasteiger charge is 2.03. The molecule has 0 saturated carbocycles. The van der Waals surface area contributed by atoms with Crippen molar-refractivity contribution in [3.05, 3.63) is 64.7 Å². The van der Waals surface area contributed by atoms with Gasteiger partial charge in [-0.05, 0) is 48.4 Å². The van der Waals surface area contributed by atoms with Gasteiger partial charge in [-0.1, -0.05) is 29.8 Å². The minimum absolute atomic E-state index is 0.172. The summed E-state index contributed by atoms with van der Waals surface area (Å²) in [6.07, 6.45) is 3.07. The van der Waals surface area contributed by atoms with Crippen molar-refractivity contribution >= 4 is 35.2 Å². The number of amides is 2. The van der Waals surface area contributed by atoms with Gasteiger partial charge in [0.15, 0.2) is 6.61 Å². The van der Waals surface area contributed by atoms with Crippen LogP contribution in [0.25, 0.3) is 6.08 Å². The van der Waals surface area contributed by atoms with Gasteiger partial charge in [-0.25, -0.2) is 0 Å². The second-order valence-electron chi connectivity index (χ2n) is 5.13. The third-order valence-corrected chi connectivity index (χ3v) is 3.38. The summed E-state index contributed by atoms with van der Waals surface area (Å²) in [6.45, 7) is 1.75. The highest BCUT2D eigenvalue weighted by Crippen LogP contribution is 2.22. The molecule has 0 fully saturated rings. The minimum Gasteiger partial charge on any atom is -0.484 e. The number of hydrogen-bond acceptors (Lipinski definition) is 3. The molecule has 0 unspecified atom stereocenters. The zero-order valence-electron chi connectivity index (χ0n) is 13.1. The minimum atomic E-state index is -0.537. The van der Waals surface area contributed by atoms with Crippen molar-refractivity contribution in [1.29, 1.82) is 0 Å². The SMILES string of the molecule is Cc1ccc(NC(=O)/C=C/c2ccc(OCC(N)=O)cc2)c(Cl)c1. The maximum absolute atomic E-state index is 11.9. The van der Waals surface area contributed by atoms with E-state index in [0.717, 1.165) is 11.1 Å². The Balaban J connectivity index is 1.94. The van der Waals surface area contributed by atoms with Gasteiger partial charge in [0.05, 0.1) is 10.7 Å². The maximum atomic E-state index is 11.9. The summed E-state index contributed by atoms with van der Waals surface area (Å²) in [7, 11) is 0. The number of nitrogens with two attached hydrogens (primary N) is 1. The Morgan fingerprint density at radius 2 is 1.92 bits per heavy atom. The number of rotatable bonds is 6. The summed E-state index contributed by atoms with van der Waals surface area (Å²) in [4.78, 5) is 22.6. The normalized spacial score (nSPS) is 10.6. The van der Waals surface area contributed by atoms with Crippen LogP contribution in [-0.2, 0) is 9.59 Å². The number of carbonyl (C=O) groups excluding carboxylic acids is 2. The molecule has 0 atom stereocenters. The largest absolute Gasteiger partial charge is 0.484 e. The van der Waals surface area contributed by atoms with E-state index < -0.39 is 5.91 Å². The van der Waals surface area contributed by atoms with Crippen molar-refractivity contribution in [2.24, 2.45) is 5.73 Å². The van der Waals surface area contributed by atoms with E-state index in [4.69, 9.17) is 22.1 Å². The van der Waals surface area contributed by atoms with Crippen molar-refractivity contribution in [2.45, 2.75) is 6.92 Å². The lowest BCUT2D eigenvalue weighted by Crippen LogP contribution is -2.19. The average molecular weight is 345 g/mol. The first-order chi connectivity index (χ1) is 11.4. The van der Waals surface area contributed by atoms with Gasteiger partial charge in [-0.3, -0.25) is 9.59 Å². The topological polar surface area (TPSA) is 81.4 Å². The second-order valence-corrected chi connectivity index (χ2v) is 5.54. The van der Waals surface area contributed by atoms with Crippen LogP contribution >= 0.6 is 11.6 Å². The van der Waals surface area contributed by atoms with Crippen LogP contribution < -0.4 is 15.8 Å². The molecule has 0 radical (unpaired) electrons. The van der Waals surface area contributed by atoms with Gasteiger partial charge in [-0.2, -0.15) is 0 Å². The Kier molecular flexibility index (Phi) is 5.98.